The monoisotopic (exact) mass is 297 g/mol. The third-order valence-electron chi connectivity index (χ3n) is 3.80. The molecule has 0 fully saturated rings. The lowest BCUT2D eigenvalue weighted by Crippen LogP contribution is -2.00. The van der Waals surface area contributed by atoms with E-state index in [1.807, 2.05) is 13.0 Å². The first kappa shape index (κ1) is 12.7. The van der Waals surface area contributed by atoms with Crippen LogP contribution in [0.1, 0.15) is 22.1 Å². The Balaban J connectivity index is 1.99. The summed E-state index contributed by atoms with van der Waals surface area (Å²) >= 11 is 1.79. The van der Waals surface area contributed by atoms with Crippen molar-refractivity contribution in [1.29, 1.82) is 0 Å². The Hall–Kier alpha value is -1.98. The molecule has 0 atom stereocenters. The third kappa shape index (κ3) is 1.92. The van der Waals surface area contributed by atoms with Crippen LogP contribution in [0.15, 0.2) is 30.3 Å². The van der Waals surface area contributed by atoms with E-state index >= 15 is 0 Å². The van der Waals surface area contributed by atoms with Crippen molar-refractivity contribution in [2.45, 2.75) is 27.1 Å². The Bertz CT molecular complexity index is 805. The Labute approximate surface area is 127 Å². The predicted octanol–water partition coefficient (Wildman–Crippen LogP) is 3.64. The van der Waals surface area contributed by atoms with E-state index < -0.39 is 0 Å². The lowest BCUT2D eigenvalue weighted by molar-refractivity contribution is 0.105. The van der Waals surface area contributed by atoms with Gasteiger partial charge in [0, 0.05) is 16.0 Å². The number of rotatable bonds is 1. The lowest BCUT2D eigenvalue weighted by Gasteiger charge is -2.06. The van der Waals surface area contributed by atoms with Crippen LogP contribution in [-0.2, 0) is 18.0 Å². The van der Waals surface area contributed by atoms with Crippen molar-refractivity contribution < 1.29 is 4.74 Å². The second kappa shape index (κ2) is 4.79. The molecule has 0 amide bonds. The van der Waals surface area contributed by atoms with E-state index in [9.17, 15) is 0 Å². The van der Waals surface area contributed by atoms with Gasteiger partial charge in [-0.1, -0.05) is 30.3 Å². The van der Waals surface area contributed by atoms with Crippen LogP contribution in [0.3, 0.4) is 0 Å². The number of nitrogens with zero attached hydrogens (tertiary/aromatic N) is 3. The van der Waals surface area contributed by atoms with Gasteiger partial charge in [0.05, 0.1) is 6.61 Å². The van der Waals surface area contributed by atoms with Crippen molar-refractivity contribution in [3.8, 4) is 16.1 Å². The molecule has 5 heteroatoms. The number of hydrogen-bond acceptors (Lipinski definition) is 4. The minimum atomic E-state index is 0.509. The highest BCUT2D eigenvalue weighted by molar-refractivity contribution is 7.15. The second-order valence-electron chi connectivity index (χ2n) is 5.17. The molecule has 0 N–H and O–H groups in total. The molecule has 0 saturated carbocycles. The van der Waals surface area contributed by atoms with Crippen molar-refractivity contribution in [1.82, 2.24) is 14.8 Å². The van der Waals surface area contributed by atoms with Crippen molar-refractivity contribution in [2.24, 2.45) is 0 Å². The fourth-order valence-electron chi connectivity index (χ4n) is 2.88. The summed E-state index contributed by atoms with van der Waals surface area (Å²) in [4.78, 5) is 1.30. The largest absolute Gasteiger partial charge is 0.369 e. The number of fused-ring (bicyclic) bond motifs is 3. The van der Waals surface area contributed by atoms with Gasteiger partial charge in [0.2, 0.25) is 0 Å². The Morgan fingerprint density at radius 2 is 1.90 bits per heavy atom. The Morgan fingerprint density at radius 3 is 2.71 bits per heavy atom. The van der Waals surface area contributed by atoms with E-state index in [0.29, 0.717) is 13.2 Å². The molecule has 106 valence electrons. The highest BCUT2D eigenvalue weighted by atomic mass is 32.1. The zero-order valence-electron chi connectivity index (χ0n) is 12.0. The topological polar surface area (TPSA) is 39.9 Å². The summed E-state index contributed by atoms with van der Waals surface area (Å²) < 4.78 is 7.95. The first-order chi connectivity index (χ1) is 10.3. The van der Waals surface area contributed by atoms with Gasteiger partial charge in [-0.3, -0.25) is 4.57 Å². The van der Waals surface area contributed by atoms with Gasteiger partial charge in [0.15, 0.2) is 5.82 Å². The molecule has 0 spiro atoms. The van der Waals surface area contributed by atoms with Gasteiger partial charge in [-0.25, -0.2) is 0 Å². The summed E-state index contributed by atoms with van der Waals surface area (Å²) in [7, 11) is 0. The summed E-state index contributed by atoms with van der Waals surface area (Å²) in [5.74, 6) is 1.80. The average molecular weight is 297 g/mol. The average Bonchev–Trinajstić information content (AvgIpc) is 2.95. The highest BCUT2D eigenvalue weighted by Gasteiger charge is 2.24. The molecule has 4 rings (SSSR count). The standard InChI is InChI=1S/C16H15N3OS/c1-10-15(12-6-4-3-5-7-12)13-8-20-9-14-18-17-11(2)19(14)16(13)21-10/h3-7H,8-9H2,1-2H3. The van der Waals surface area contributed by atoms with Crippen LogP contribution >= 0.6 is 11.3 Å². The van der Waals surface area contributed by atoms with E-state index in [1.165, 1.54) is 26.6 Å². The van der Waals surface area contributed by atoms with Crippen LogP contribution < -0.4 is 0 Å². The van der Waals surface area contributed by atoms with Crippen LogP contribution in [0.2, 0.25) is 0 Å². The van der Waals surface area contributed by atoms with Crippen LogP contribution in [0.4, 0.5) is 0 Å². The summed E-state index contributed by atoms with van der Waals surface area (Å²) in [6.07, 6.45) is 0. The molecule has 3 heterocycles. The first-order valence-corrected chi connectivity index (χ1v) is 7.74. The van der Waals surface area contributed by atoms with E-state index in [2.05, 4.69) is 46.0 Å². The summed E-state index contributed by atoms with van der Waals surface area (Å²) in [5.41, 5.74) is 3.77. The Kier molecular flexibility index (Phi) is 2.90. The molecule has 0 saturated heterocycles. The van der Waals surface area contributed by atoms with Gasteiger partial charge in [-0.2, -0.15) is 0 Å². The maximum absolute atomic E-state index is 5.82. The molecule has 0 aliphatic carbocycles. The fourth-order valence-corrected chi connectivity index (χ4v) is 4.13. The van der Waals surface area contributed by atoms with Gasteiger partial charge < -0.3 is 4.74 Å². The molecule has 1 aliphatic heterocycles. The number of aromatic nitrogens is 3. The van der Waals surface area contributed by atoms with Gasteiger partial charge in [-0.15, -0.1) is 21.5 Å². The Morgan fingerprint density at radius 1 is 1.10 bits per heavy atom. The van der Waals surface area contributed by atoms with Gasteiger partial charge in [0.1, 0.15) is 17.4 Å². The molecule has 0 unspecified atom stereocenters. The smallest absolute Gasteiger partial charge is 0.164 e. The van der Waals surface area contributed by atoms with E-state index in [-0.39, 0.29) is 0 Å². The lowest BCUT2D eigenvalue weighted by atomic mass is 10.0. The third-order valence-corrected chi connectivity index (χ3v) is 4.93. The molecule has 2 aromatic heterocycles. The molecular formula is C16H15N3OS. The first-order valence-electron chi connectivity index (χ1n) is 6.92. The van der Waals surface area contributed by atoms with Crippen LogP contribution in [0.5, 0.6) is 0 Å². The molecule has 4 nitrogen and oxygen atoms in total. The normalized spacial score (nSPS) is 13.6. The van der Waals surface area contributed by atoms with Crippen molar-refractivity contribution in [3.63, 3.8) is 0 Å². The number of aryl methyl sites for hydroxylation is 2. The fraction of sp³-hybridized carbons (Fsp3) is 0.250. The molecule has 0 radical (unpaired) electrons. The van der Waals surface area contributed by atoms with Crippen molar-refractivity contribution in [3.05, 3.63) is 52.4 Å². The van der Waals surface area contributed by atoms with Crippen molar-refractivity contribution in [2.75, 3.05) is 0 Å². The quantitative estimate of drug-likeness (QED) is 0.688. The van der Waals surface area contributed by atoms with E-state index in [1.54, 1.807) is 11.3 Å². The number of thiophene rings is 1. The van der Waals surface area contributed by atoms with Crippen LogP contribution in [0.25, 0.3) is 16.1 Å². The summed E-state index contributed by atoms with van der Waals surface area (Å²) in [6, 6.07) is 10.5. The maximum Gasteiger partial charge on any atom is 0.164 e. The summed E-state index contributed by atoms with van der Waals surface area (Å²) in [6.45, 7) is 5.28. The van der Waals surface area contributed by atoms with E-state index in [0.717, 1.165) is 11.6 Å². The second-order valence-corrected chi connectivity index (χ2v) is 6.38. The zero-order valence-corrected chi connectivity index (χ0v) is 12.8. The SMILES string of the molecule is Cc1sc2c(c1-c1ccccc1)COCc1nnc(C)n1-2. The van der Waals surface area contributed by atoms with Gasteiger partial charge >= 0.3 is 0 Å². The van der Waals surface area contributed by atoms with Crippen molar-refractivity contribution >= 4 is 11.3 Å². The van der Waals surface area contributed by atoms with Gasteiger partial charge in [0.25, 0.3) is 0 Å². The number of ether oxygens (including phenoxy) is 1. The summed E-state index contributed by atoms with van der Waals surface area (Å²) in [5, 5.41) is 9.61. The predicted molar refractivity (Wildman–Crippen MR) is 82.6 cm³/mol. The molecule has 0 bridgehead atoms. The molecule has 1 aliphatic rings. The molecule has 3 aromatic rings. The van der Waals surface area contributed by atoms with Gasteiger partial charge in [-0.05, 0) is 19.4 Å². The molecular weight excluding hydrogens is 282 g/mol. The van der Waals surface area contributed by atoms with Crippen LogP contribution in [0, 0.1) is 13.8 Å². The molecule has 21 heavy (non-hydrogen) atoms. The van der Waals surface area contributed by atoms with E-state index in [4.69, 9.17) is 4.74 Å². The number of benzene rings is 1. The zero-order chi connectivity index (χ0) is 14.4. The number of hydrogen-bond donors (Lipinski definition) is 0. The minimum Gasteiger partial charge on any atom is -0.369 e. The minimum absolute atomic E-state index is 0.509. The maximum atomic E-state index is 5.82. The molecule has 1 aromatic carbocycles. The highest BCUT2D eigenvalue weighted by Crippen LogP contribution is 2.40. The van der Waals surface area contributed by atoms with Crippen LogP contribution in [-0.4, -0.2) is 14.8 Å².